The van der Waals surface area contributed by atoms with Crippen LogP contribution in [0.4, 0.5) is 0 Å². The van der Waals surface area contributed by atoms with Gasteiger partial charge in [-0.3, -0.25) is 4.99 Å². The van der Waals surface area contributed by atoms with Crippen LogP contribution in [0.1, 0.15) is 46.9 Å². The zero-order chi connectivity index (χ0) is 19.6. The zero-order valence-electron chi connectivity index (χ0n) is 17.4. The van der Waals surface area contributed by atoms with Gasteiger partial charge < -0.3 is 19.9 Å². The quantitative estimate of drug-likeness (QED) is 0.264. The van der Waals surface area contributed by atoms with Gasteiger partial charge in [-0.05, 0) is 39.4 Å². The molecule has 0 spiro atoms. The number of rotatable bonds is 11. The normalized spacial score (nSPS) is 12.7. The minimum atomic E-state index is -0.260. The summed E-state index contributed by atoms with van der Waals surface area (Å²) in [5.41, 5.74) is -0.260. The van der Waals surface area contributed by atoms with E-state index in [1.54, 1.807) is 18.9 Å². The van der Waals surface area contributed by atoms with Gasteiger partial charge in [0.2, 0.25) is 0 Å². The van der Waals surface area contributed by atoms with Crippen molar-refractivity contribution >= 4 is 17.7 Å². The van der Waals surface area contributed by atoms with Gasteiger partial charge in [-0.2, -0.15) is 0 Å². The van der Waals surface area contributed by atoms with Crippen molar-refractivity contribution in [3.63, 3.8) is 0 Å². The number of methoxy groups -OCH3 is 1. The van der Waals surface area contributed by atoms with E-state index in [1.165, 1.54) is 0 Å². The first-order chi connectivity index (χ1) is 12.3. The number of aromatic nitrogens is 3. The number of nitrogens with one attached hydrogen (secondary N) is 2. The Morgan fingerprint density at radius 1 is 1.31 bits per heavy atom. The minimum absolute atomic E-state index is 0.260. The van der Waals surface area contributed by atoms with E-state index in [0.29, 0.717) is 12.5 Å². The van der Waals surface area contributed by atoms with Gasteiger partial charge in [-0.15, -0.1) is 10.2 Å². The molecule has 0 radical (unpaired) electrons. The molecule has 0 aliphatic heterocycles. The van der Waals surface area contributed by atoms with Gasteiger partial charge in [0, 0.05) is 33.2 Å². The van der Waals surface area contributed by atoms with Crippen LogP contribution >= 0.6 is 11.8 Å². The molecule has 0 aliphatic carbocycles. The van der Waals surface area contributed by atoms with Crippen molar-refractivity contribution in [3.05, 3.63) is 5.82 Å². The highest BCUT2D eigenvalue weighted by Crippen LogP contribution is 2.16. The van der Waals surface area contributed by atoms with Crippen molar-refractivity contribution in [1.82, 2.24) is 25.4 Å². The van der Waals surface area contributed by atoms with Gasteiger partial charge in [0.05, 0.1) is 12.1 Å². The Balaban J connectivity index is 2.56. The van der Waals surface area contributed by atoms with E-state index in [0.717, 1.165) is 49.4 Å². The molecular formula is C18H36N6OS. The number of hydrogen-bond donors (Lipinski definition) is 2. The number of ether oxygens (including phenoxy) is 1. The maximum Gasteiger partial charge on any atom is 0.191 e. The maximum atomic E-state index is 5.42. The van der Waals surface area contributed by atoms with E-state index in [1.807, 2.05) is 20.1 Å². The summed E-state index contributed by atoms with van der Waals surface area (Å²) in [6.45, 7) is 13.8. The third kappa shape index (κ3) is 7.95. The molecule has 7 nitrogen and oxygen atoms in total. The lowest BCUT2D eigenvalue weighted by Gasteiger charge is -2.21. The predicted octanol–water partition coefficient (Wildman–Crippen LogP) is 2.57. The summed E-state index contributed by atoms with van der Waals surface area (Å²) in [6, 6.07) is 0. The van der Waals surface area contributed by atoms with E-state index in [4.69, 9.17) is 4.74 Å². The van der Waals surface area contributed by atoms with Crippen molar-refractivity contribution in [2.24, 2.45) is 10.9 Å². The van der Waals surface area contributed by atoms with Crippen LogP contribution in [0.5, 0.6) is 0 Å². The molecule has 0 saturated heterocycles. The Morgan fingerprint density at radius 3 is 2.62 bits per heavy atom. The molecule has 0 bridgehead atoms. The summed E-state index contributed by atoms with van der Waals surface area (Å²) in [5, 5.41) is 16.3. The predicted molar refractivity (Wildman–Crippen MR) is 110 cm³/mol. The minimum Gasteiger partial charge on any atom is -0.377 e. The lowest BCUT2D eigenvalue weighted by molar-refractivity contribution is 0.0310. The molecular weight excluding hydrogens is 348 g/mol. The highest BCUT2D eigenvalue weighted by molar-refractivity contribution is 7.98. The van der Waals surface area contributed by atoms with Gasteiger partial charge >= 0.3 is 0 Å². The van der Waals surface area contributed by atoms with Crippen LogP contribution in [0.3, 0.4) is 0 Å². The number of nitrogens with zero attached hydrogens (tertiary/aromatic N) is 4. The van der Waals surface area contributed by atoms with Crippen LogP contribution in [0.2, 0.25) is 0 Å². The molecule has 0 saturated carbocycles. The third-order valence-corrected chi connectivity index (χ3v) is 4.58. The summed E-state index contributed by atoms with van der Waals surface area (Å²) in [6.07, 6.45) is 3.92. The van der Waals surface area contributed by atoms with Gasteiger partial charge in [0.1, 0.15) is 5.82 Å². The van der Waals surface area contributed by atoms with Gasteiger partial charge in [-0.25, -0.2) is 0 Å². The summed E-state index contributed by atoms with van der Waals surface area (Å²) in [7, 11) is 1.71. The number of hydrogen-bond acceptors (Lipinski definition) is 5. The Bertz CT molecular complexity index is 556. The van der Waals surface area contributed by atoms with E-state index in [2.05, 4.69) is 51.2 Å². The lowest BCUT2D eigenvalue weighted by Crippen LogP contribution is -2.39. The molecule has 1 rings (SSSR count). The maximum absolute atomic E-state index is 5.42. The highest BCUT2D eigenvalue weighted by atomic mass is 32.2. The molecule has 8 heteroatoms. The summed E-state index contributed by atoms with van der Waals surface area (Å²) >= 11 is 1.65. The Kier molecular flexibility index (Phi) is 10.0. The average molecular weight is 385 g/mol. The van der Waals surface area contributed by atoms with E-state index < -0.39 is 0 Å². The highest BCUT2D eigenvalue weighted by Gasteiger charge is 2.16. The van der Waals surface area contributed by atoms with Gasteiger partial charge in [-0.1, -0.05) is 25.6 Å². The number of aryl methyl sites for hydroxylation is 1. The molecule has 0 unspecified atom stereocenters. The smallest absolute Gasteiger partial charge is 0.191 e. The fourth-order valence-electron chi connectivity index (χ4n) is 2.33. The average Bonchev–Trinajstić information content (AvgIpc) is 2.97. The Labute approximate surface area is 162 Å². The topological polar surface area (TPSA) is 76.4 Å². The molecule has 0 aliphatic rings. The molecule has 1 aromatic rings. The van der Waals surface area contributed by atoms with Crippen molar-refractivity contribution in [3.8, 4) is 0 Å². The molecule has 0 atom stereocenters. The first-order valence-electron chi connectivity index (χ1n) is 9.36. The van der Waals surface area contributed by atoms with Crippen LogP contribution in [-0.2, 0) is 17.7 Å². The molecule has 0 aromatic carbocycles. The second-order valence-electron chi connectivity index (χ2n) is 7.30. The van der Waals surface area contributed by atoms with E-state index in [9.17, 15) is 0 Å². The lowest BCUT2D eigenvalue weighted by atomic mass is 10.1. The molecule has 26 heavy (non-hydrogen) atoms. The largest absolute Gasteiger partial charge is 0.377 e. The van der Waals surface area contributed by atoms with E-state index in [-0.39, 0.29) is 5.60 Å². The Hall–Kier alpha value is -1.28. The third-order valence-electron chi connectivity index (χ3n) is 3.91. The SMILES string of the molecule is CCNC(=NCC(C)(C)OC)NCCCc1nnc(SC)n1CC(C)C. The van der Waals surface area contributed by atoms with Crippen molar-refractivity contribution in [2.45, 2.75) is 64.8 Å². The standard InChI is InChI=1S/C18H36N6OS/c1-8-19-16(21-13-18(4,5)25-6)20-11-9-10-15-22-23-17(26-7)24(15)12-14(2)3/h14H,8-13H2,1-7H3,(H2,19,20,21). The molecule has 0 fully saturated rings. The number of aliphatic imine (C=N–C) groups is 1. The van der Waals surface area contributed by atoms with Crippen LogP contribution in [0.25, 0.3) is 0 Å². The fraction of sp³-hybridized carbons (Fsp3) is 0.833. The van der Waals surface area contributed by atoms with Gasteiger partial charge in [0.15, 0.2) is 11.1 Å². The first kappa shape index (κ1) is 22.8. The second-order valence-corrected chi connectivity index (χ2v) is 8.07. The number of guanidine groups is 1. The molecule has 1 aromatic heterocycles. The zero-order valence-corrected chi connectivity index (χ0v) is 18.2. The Morgan fingerprint density at radius 2 is 2.04 bits per heavy atom. The van der Waals surface area contributed by atoms with Crippen molar-refractivity contribution in [2.75, 3.05) is 33.0 Å². The van der Waals surface area contributed by atoms with Crippen LogP contribution in [0.15, 0.2) is 10.1 Å². The van der Waals surface area contributed by atoms with E-state index >= 15 is 0 Å². The monoisotopic (exact) mass is 384 g/mol. The van der Waals surface area contributed by atoms with Crippen LogP contribution in [-0.4, -0.2) is 59.3 Å². The molecule has 1 heterocycles. The number of thioether (sulfide) groups is 1. The summed E-state index contributed by atoms with van der Waals surface area (Å²) in [5.74, 6) is 2.46. The van der Waals surface area contributed by atoms with Crippen molar-refractivity contribution in [1.29, 1.82) is 0 Å². The summed E-state index contributed by atoms with van der Waals surface area (Å²) in [4.78, 5) is 4.61. The second kappa shape index (κ2) is 11.4. The molecule has 2 N–H and O–H groups in total. The van der Waals surface area contributed by atoms with Crippen LogP contribution < -0.4 is 10.6 Å². The van der Waals surface area contributed by atoms with Gasteiger partial charge in [0.25, 0.3) is 0 Å². The summed E-state index contributed by atoms with van der Waals surface area (Å²) < 4.78 is 7.67. The van der Waals surface area contributed by atoms with Crippen LogP contribution in [0, 0.1) is 5.92 Å². The fourth-order valence-corrected chi connectivity index (χ4v) is 2.86. The molecule has 0 amide bonds. The first-order valence-corrected chi connectivity index (χ1v) is 10.6. The van der Waals surface area contributed by atoms with Crippen molar-refractivity contribution < 1.29 is 4.74 Å². The molecule has 150 valence electrons.